The van der Waals surface area contributed by atoms with E-state index in [-0.39, 0.29) is 5.92 Å². The van der Waals surface area contributed by atoms with Crippen molar-refractivity contribution in [3.05, 3.63) is 21.9 Å². The average Bonchev–Trinajstić information content (AvgIpc) is 2.71. The molecule has 3 heteroatoms. The summed E-state index contributed by atoms with van der Waals surface area (Å²) in [7, 11) is 0. The number of nitrogens with one attached hydrogen (secondary N) is 1. The fourth-order valence-corrected chi connectivity index (χ4v) is 2.81. The highest BCUT2D eigenvalue weighted by Crippen LogP contribution is 2.32. The second-order valence-corrected chi connectivity index (χ2v) is 4.77. The molecule has 1 saturated heterocycles. The topological polar surface area (TPSA) is 35.8 Å². The van der Waals surface area contributed by atoms with Gasteiger partial charge in [0.25, 0.3) is 0 Å². The monoisotopic (exact) mass is 192 g/mol. The minimum absolute atomic E-state index is 0.165. The number of aryl methyl sites for hydroxylation is 1. The van der Waals surface area contributed by atoms with E-state index in [0.717, 1.165) is 13.1 Å². The maximum absolute atomic E-state index is 8.92. The number of rotatable bonds is 1. The number of hydrogen-bond acceptors (Lipinski definition) is 3. The molecule has 1 aliphatic heterocycles. The molecule has 13 heavy (non-hydrogen) atoms. The van der Waals surface area contributed by atoms with Crippen molar-refractivity contribution in [1.82, 2.24) is 5.32 Å². The number of hydrogen-bond donors (Lipinski definition) is 1. The minimum Gasteiger partial charge on any atom is -0.315 e. The van der Waals surface area contributed by atoms with Gasteiger partial charge in [0.05, 0.1) is 12.0 Å². The van der Waals surface area contributed by atoms with Crippen LogP contribution in [0.1, 0.15) is 15.7 Å². The van der Waals surface area contributed by atoms with Crippen LogP contribution in [0.2, 0.25) is 0 Å². The predicted octanol–water partition coefficient (Wildman–Crippen LogP) is 1.88. The van der Waals surface area contributed by atoms with Crippen molar-refractivity contribution in [2.45, 2.75) is 12.8 Å². The SMILES string of the molecule is Cc1ccc([C@H]2CNC[C@@H]2C#N)s1. The Morgan fingerprint density at radius 3 is 3.00 bits per heavy atom. The van der Waals surface area contributed by atoms with E-state index in [2.05, 4.69) is 30.4 Å². The smallest absolute Gasteiger partial charge is 0.0676 e. The van der Waals surface area contributed by atoms with Gasteiger partial charge in [-0.15, -0.1) is 11.3 Å². The lowest BCUT2D eigenvalue weighted by Gasteiger charge is -2.08. The van der Waals surface area contributed by atoms with Crippen molar-refractivity contribution < 1.29 is 0 Å². The lowest BCUT2D eigenvalue weighted by atomic mass is 9.96. The second kappa shape index (κ2) is 3.49. The molecule has 0 amide bonds. The average molecular weight is 192 g/mol. The molecule has 0 saturated carbocycles. The van der Waals surface area contributed by atoms with Crippen LogP contribution >= 0.6 is 11.3 Å². The lowest BCUT2D eigenvalue weighted by Crippen LogP contribution is -2.07. The zero-order chi connectivity index (χ0) is 9.26. The summed E-state index contributed by atoms with van der Waals surface area (Å²) in [6.07, 6.45) is 0. The first-order valence-corrected chi connectivity index (χ1v) is 5.29. The third-order valence-electron chi connectivity index (χ3n) is 2.51. The van der Waals surface area contributed by atoms with E-state index in [4.69, 9.17) is 5.26 Å². The van der Waals surface area contributed by atoms with Crippen molar-refractivity contribution in [2.75, 3.05) is 13.1 Å². The van der Waals surface area contributed by atoms with E-state index in [0.29, 0.717) is 5.92 Å². The normalized spacial score (nSPS) is 27.4. The predicted molar refractivity (Wildman–Crippen MR) is 53.8 cm³/mol. The van der Waals surface area contributed by atoms with Gasteiger partial charge in [0.2, 0.25) is 0 Å². The highest BCUT2D eigenvalue weighted by atomic mass is 32.1. The Labute approximate surface area is 82.2 Å². The van der Waals surface area contributed by atoms with Gasteiger partial charge in [0.15, 0.2) is 0 Å². The number of thiophene rings is 1. The van der Waals surface area contributed by atoms with Crippen molar-refractivity contribution in [1.29, 1.82) is 5.26 Å². The van der Waals surface area contributed by atoms with E-state index in [1.807, 2.05) is 11.3 Å². The molecule has 2 rings (SSSR count). The molecule has 1 fully saturated rings. The summed E-state index contributed by atoms with van der Waals surface area (Å²) >= 11 is 1.81. The van der Waals surface area contributed by atoms with Crippen LogP contribution in [0.3, 0.4) is 0 Å². The van der Waals surface area contributed by atoms with Gasteiger partial charge in [-0.25, -0.2) is 0 Å². The third kappa shape index (κ3) is 1.60. The molecule has 2 atom stereocenters. The summed E-state index contributed by atoms with van der Waals surface area (Å²) in [4.78, 5) is 2.69. The fourth-order valence-electron chi connectivity index (χ4n) is 1.77. The van der Waals surface area contributed by atoms with Gasteiger partial charge in [0.1, 0.15) is 0 Å². The Morgan fingerprint density at radius 1 is 1.54 bits per heavy atom. The number of nitriles is 1. The van der Waals surface area contributed by atoms with E-state index in [1.165, 1.54) is 9.75 Å². The molecule has 0 unspecified atom stereocenters. The number of nitrogens with zero attached hydrogens (tertiary/aromatic N) is 1. The lowest BCUT2D eigenvalue weighted by molar-refractivity contribution is 0.657. The first kappa shape index (κ1) is 8.74. The van der Waals surface area contributed by atoms with Crippen molar-refractivity contribution in [3.8, 4) is 6.07 Å². The molecule has 1 aliphatic rings. The molecule has 1 aromatic heterocycles. The third-order valence-corrected chi connectivity index (χ3v) is 3.64. The maximum Gasteiger partial charge on any atom is 0.0676 e. The molecule has 0 spiro atoms. The standard InChI is InChI=1S/C10H12N2S/c1-7-2-3-10(13-7)9-6-12-5-8(9)4-11/h2-3,8-9,12H,5-6H2,1H3/t8-,9-/m0/s1. The van der Waals surface area contributed by atoms with Crippen molar-refractivity contribution >= 4 is 11.3 Å². The summed E-state index contributed by atoms with van der Waals surface area (Å²) in [5.41, 5.74) is 0. The largest absolute Gasteiger partial charge is 0.315 e. The molecular formula is C10H12N2S. The zero-order valence-electron chi connectivity index (χ0n) is 7.58. The summed E-state index contributed by atoms with van der Waals surface area (Å²) in [6, 6.07) is 6.65. The van der Waals surface area contributed by atoms with Crippen LogP contribution in [-0.2, 0) is 0 Å². The van der Waals surface area contributed by atoms with Crippen LogP contribution in [0.15, 0.2) is 12.1 Å². The molecular weight excluding hydrogens is 180 g/mol. The van der Waals surface area contributed by atoms with Crippen LogP contribution in [0.5, 0.6) is 0 Å². The van der Waals surface area contributed by atoms with E-state index >= 15 is 0 Å². The quantitative estimate of drug-likeness (QED) is 0.737. The van der Waals surface area contributed by atoms with Crippen molar-refractivity contribution in [3.63, 3.8) is 0 Å². The van der Waals surface area contributed by atoms with E-state index in [9.17, 15) is 0 Å². The Bertz CT molecular complexity index is 337. The summed E-state index contributed by atoms with van der Waals surface area (Å²) in [5, 5.41) is 12.2. The Hall–Kier alpha value is -0.850. The van der Waals surface area contributed by atoms with Gasteiger partial charge in [-0.1, -0.05) is 0 Å². The molecule has 2 nitrogen and oxygen atoms in total. The van der Waals surface area contributed by atoms with Gasteiger partial charge in [0, 0.05) is 28.8 Å². The molecule has 0 aliphatic carbocycles. The Balaban J connectivity index is 2.21. The maximum atomic E-state index is 8.92. The highest BCUT2D eigenvalue weighted by Gasteiger charge is 2.28. The fraction of sp³-hybridized carbons (Fsp3) is 0.500. The summed E-state index contributed by atoms with van der Waals surface area (Å²) in [6.45, 7) is 3.91. The van der Waals surface area contributed by atoms with Crippen LogP contribution < -0.4 is 5.32 Å². The Kier molecular flexibility index (Phi) is 2.34. The van der Waals surface area contributed by atoms with Gasteiger partial charge in [-0.2, -0.15) is 5.26 Å². The van der Waals surface area contributed by atoms with Gasteiger partial charge in [-0.05, 0) is 19.1 Å². The van der Waals surface area contributed by atoms with Crippen LogP contribution in [0, 0.1) is 24.2 Å². The zero-order valence-corrected chi connectivity index (χ0v) is 8.40. The Morgan fingerprint density at radius 2 is 2.38 bits per heavy atom. The molecule has 1 aromatic rings. The molecule has 68 valence electrons. The molecule has 0 radical (unpaired) electrons. The molecule has 0 aromatic carbocycles. The highest BCUT2D eigenvalue weighted by molar-refractivity contribution is 7.12. The molecule has 0 bridgehead atoms. The first-order chi connectivity index (χ1) is 6.31. The molecule has 1 N–H and O–H groups in total. The van der Waals surface area contributed by atoms with Crippen LogP contribution in [-0.4, -0.2) is 13.1 Å². The van der Waals surface area contributed by atoms with Crippen LogP contribution in [0.4, 0.5) is 0 Å². The molecule has 2 heterocycles. The van der Waals surface area contributed by atoms with Crippen LogP contribution in [0.25, 0.3) is 0 Å². The van der Waals surface area contributed by atoms with Gasteiger partial charge in [-0.3, -0.25) is 0 Å². The van der Waals surface area contributed by atoms with E-state index in [1.54, 1.807) is 0 Å². The first-order valence-electron chi connectivity index (χ1n) is 4.48. The second-order valence-electron chi connectivity index (χ2n) is 3.45. The summed E-state index contributed by atoms with van der Waals surface area (Å²) < 4.78 is 0. The minimum atomic E-state index is 0.165. The van der Waals surface area contributed by atoms with Gasteiger partial charge < -0.3 is 5.32 Å². The van der Waals surface area contributed by atoms with Crippen molar-refractivity contribution in [2.24, 2.45) is 5.92 Å². The summed E-state index contributed by atoms with van der Waals surface area (Å²) in [5.74, 6) is 0.585. The van der Waals surface area contributed by atoms with Gasteiger partial charge >= 0.3 is 0 Å². The van der Waals surface area contributed by atoms with E-state index < -0.39 is 0 Å².